The van der Waals surface area contributed by atoms with E-state index in [0.717, 1.165) is 39.3 Å². The van der Waals surface area contributed by atoms with Gasteiger partial charge in [-0.05, 0) is 6.92 Å². The van der Waals surface area contributed by atoms with Gasteiger partial charge < -0.3 is 14.3 Å². The molecule has 90 valence electrons. The van der Waals surface area contributed by atoms with E-state index in [4.69, 9.17) is 9.15 Å². The second-order valence-electron chi connectivity index (χ2n) is 4.05. The van der Waals surface area contributed by atoms with Crippen molar-refractivity contribution in [3.63, 3.8) is 0 Å². The first kappa shape index (κ1) is 11.6. The molecule has 16 heavy (non-hydrogen) atoms. The Hall–Kier alpha value is -0.910. The summed E-state index contributed by atoms with van der Waals surface area (Å²) in [6, 6.07) is 0. The Morgan fingerprint density at radius 2 is 2.25 bits per heavy atom. The molecule has 1 aromatic heterocycles. The van der Waals surface area contributed by atoms with Crippen molar-refractivity contribution in [1.29, 1.82) is 0 Å². The number of oxazole rings is 1. The van der Waals surface area contributed by atoms with Crippen LogP contribution in [0, 0.1) is 0 Å². The third-order valence-electron chi connectivity index (χ3n) is 2.74. The Kier molecular flexibility index (Phi) is 3.93. The highest BCUT2D eigenvalue weighted by Crippen LogP contribution is 2.11. The molecule has 5 nitrogen and oxygen atoms in total. The predicted octanol–water partition coefficient (Wildman–Crippen LogP) is 0.603. The molecule has 0 bridgehead atoms. The molecule has 1 aliphatic heterocycles. The lowest BCUT2D eigenvalue weighted by molar-refractivity contribution is 0.0377. The van der Waals surface area contributed by atoms with E-state index >= 15 is 0 Å². The van der Waals surface area contributed by atoms with Gasteiger partial charge in [0.05, 0.1) is 19.3 Å². The van der Waals surface area contributed by atoms with Crippen LogP contribution in [0.5, 0.6) is 0 Å². The molecule has 0 spiro atoms. The smallest absolute Gasteiger partial charge is 0.195 e. The van der Waals surface area contributed by atoms with E-state index < -0.39 is 6.10 Å². The number of aliphatic hydroxyl groups excluding tert-OH is 1. The Morgan fingerprint density at radius 3 is 2.88 bits per heavy atom. The summed E-state index contributed by atoms with van der Waals surface area (Å²) in [5, 5.41) is 9.30. The summed E-state index contributed by atoms with van der Waals surface area (Å²) in [5.41, 5.74) is 0.608. The molecule has 1 unspecified atom stereocenters. The summed E-state index contributed by atoms with van der Waals surface area (Å²) in [7, 11) is 0. The van der Waals surface area contributed by atoms with E-state index in [-0.39, 0.29) is 0 Å². The first-order chi connectivity index (χ1) is 7.75. The van der Waals surface area contributed by atoms with Gasteiger partial charge in [0.1, 0.15) is 12.0 Å². The van der Waals surface area contributed by atoms with Gasteiger partial charge in [-0.3, -0.25) is 4.90 Å². The minimum absolute atomic E-state index is 0.555. The Labute approximate surface area is 95.0 Å². The summed E-state index contributed by atoms with van der Waals surface area (Å²) in [6.07, 6.45) is 1.76. The van der Waals surface area contributed by atoms with Gasteiger partial charge in [-0.15, -0.1) is 0 Å². The number of hydrogen-bond donors (Lipinski definition) is 1. The van der Waals surface area contributed by atoms with Crippen molar-refractivity contribution >= 4 is 0 Å². The Balaban J connectivity index is 1.79. The highest BCUT2D eigenvalue weighted by molar-refractivity contribution is 4.99. The van der Waals surface area contributed by atoms with Crippen LogP contribution in [-0.2, 0) is 11.2 Å². The van der Waals surface area contributed by atoms with Crippen molar-refractivity contribution in [2.75, 3.05) is 32.8 Å². The fourth-order valence-electron chi connectivity index (χ4n) is 1.71. The van der Waals surface area contributed by atoms with Crippen LogP contribution in [0.3, 0.4) is 0 Å². The maximum absolute atomic E-state index is 9.30. The van der Waals surface area contributed by atoms with Crippen LogP contribution >= 0.6 is 0 Å². The zero-order chi connectivity index (χ0) is 11.4. The second-order valence-corrected chi connectivity index (χ2v) is 4.05. The molecule has 0 saturated carbocycles. The van der Waals surface area contributed by atoms with E-state index in [2.05, 4.69) is 9.88 Å². The molecule has 2 rings (SSSR count). The molecule has 5 heteroatoms. The number of nitrogens with zero attached hydrogens (tertiary/aromatic N) is 2. The lowest BCUT2D eigenvalue weighted by Gasteiger charge is -2.25. The van der Waals surface area contributed by atoms with Crippen LogP contribution in [0.2, 0.25) is 0 Å². The lowest BCUT2D eigenvalue weighted by atomic mass is 10.3. The van der Waals surface area contributed by atoms with Gasteiger partial charge in [0.2, 0.25) is 0 Å². The molecular weight excluding hydrogens is 208 g/mol. The Morgan fingerprint density at radius 1 is 1.50 bits per heavy atom. The van der Waals surface area contributed by atoms with Crippen LogP contribution in [0.25, 0.3) is 0 Å². The number of morpholine rings is 1. The van der Waals surface area contributed by atoms with Crippen molar-refractivity contribution in [3.05, 3.63) is 17.8 Å². The third kappa shape index (κ3) is 3.04. The van der Waals surface area contributed by atoms with Crippen LogP contribution in [0.15, 0.2) is 10.7 Å². The summed E-state index contributed by atoms with van der Waals surface area (Å²) < 4.78 is 10.6. The van der Waals surface area contributed by atoms with Gasteiger partial charge in [0.15, 0.2) is 5.89 Å². The van der Waals surface area contributed by atoms with Crippen molar-refractivity contribution in [3.8, 4) is 0 Å². The van der Waals surface area contributed by atoms with Gasteiger partial charge in [-0.2, -0.15) is 0 Å². The van der Waals surface area contributed by atoms with Crippen LogP contribution in [-0.4, -0.2) is 47.8 Å². The summed E-state index contributed by atoms with van der Waals surface area (Å²) in [6.45, 7) is 6.19. The van der Waals surface area contributed by atoms with Crippen LogP contribution < -0.4 is 0 Å². The normalized spacial score (nSPS) is 19.9. The molecule has 0 radical (unpaired) electrons. The number of hydrogen-bond acceptors (Lipinski definition) is 5. The molecule has 1 N–H and O–H groups in total. The predicted molar refractivity (Wildman–Crippen MR) is 58.1 cm³/mol. The topological polar surface area (TPSA) is 58.7 Å². The summed E-state index contributed by atoms with van der Waals surface area (Å²) in [4.78, 5) is 6.55. The summed E-state index contributed by atoms with van der Waals surface area (Å²) >= 11 is 0. The average Bonchev–Trinajstić information content (AvgIpc) is 2.76. The zero-order valence-electron chi connectivity index (χ0n) is 9.56. The highest BCUT2D eigenvalue weighted by atomic mass is 16.5. The number of aliphatic hydroxyl groups is 1. The number of ether oxygens (including phenoxy) is 1. The van der Waals surface area contributed by atoms with E-state index in [9.17, 15) is 5.11 Å². The van der Waals surface area contributed by atoms with Crippen LogP contribution in [0.4, 0.5) is 0 Å². The standard InChI is InChI=1S/C11H18N2O3/c1-9(14)10-8-16-11(12-10)2-3-13-4-6-15-7-5-13/h8-9,14H,2-7H2,1H3. The fourth-order valence-corrected chi connectivity index (χ4v) is 1.71. The van der Waals surface area contributed by atoms with E-state index in [1.165, 1.54) is 6.26 Å². The molecular formula is C11H18N2O3. The SMILES string of the molecule is CC(O)c1coc(CCN2CCOCC2)n1. The largest absolute Gasteiger partial charge is 0.449 e. The Bertz CT molecular complexity index is 319. The van der Waals surface area contributed by atoms with Crippen molar-refractivity contribution in [1.82, 2.24) is 9.88 Å². The van der Waals surface area contributed by atoms with Gasteiger partial charge in [-0.1, -0.05) is 0 Å². The lowest BCUT2D eigenvalue weighted by Crippen LogP contribution is -2.37. The molecule has 2 heterocycles. The van der Waals surface area contributed by atoms with E-state index in [0.29, 0.717) is 11.6 Å². The molecule has 1 aliphatic rings. The molecule has 1 atom stereocenters. The minimum atomic E-state index is -0.555. The second kappa shape index (κ2) is 5.43. The molecule has 1 aromatic rings. The molecule has 1 fully saturated rings. The molecule has 1 saturated heterocycles. The average molecular weight is 226 g/mol. The maximum Gasteiger partial charge on any atom is 0.195 e. The van der Waals surface area contributed by atoms with E-state index in [1.807, 2.05) is 0 Å². The van der Waals surface area contributed by atoms with Crippen LogP contribution in [0.1, 0.15) is 24.6 Å². The van der Waals surface area contributed by atoms with Gasteiger partial charge in [0.25, 0.3) is 0 Å². The quantitative estimate of drug-likeness (QED) is 0.814. The number of rotatable bonds is 4. The molecule has 0 aromatic carbocycles. The zero-order valence-corrected chi connectivity index (χ0v) is 9.56. The minimum Gasteiger partial charge on any atom is -0.449 e. The van der Waals surface area contributed by atoms with E-state index in [1.54, 1.807) is 6.92 Å². The van der Waals surface area contributed by atoms with Gasteiger partial charge in [-0.25, -0.2) is 4.98 Å². The molecule has 0 aliphatic carbocycles. The monoisotopic (exact) mass is 226 g/mol. The fraction of sp³-hybridized carbons (Fsp3) is 0.727. The highest BCUT2D eigenvalue weighted by Gasteiger charge is 2.12. The maximum atomic E-state index is 9.30. The first-order valence-electron chi connectivity index (χ1n) is 5.68. The van der Waals surface area contributed by atoms with Gasteiger partial charge >= 0.3 is 0 Å². The third-order valence-corrected chi connectivity index (χ3v) is 2.74. The van der Waals surface area contributed by atoms with Gasteiger partial charge in [0, 0.05) is 26.1 Å². The number of aromatic nitrogens is 1. The van der Waals surface area contributed by atoms with Crippen molar-refractivity contribution in [2.24, 2.45) is 0 Å². The first-order valence-corrected chi connectivity index (χ1v) is 5.68. The summed E-state index contributed by atoms with van der Waals surface area (Å²) in [5.74, 6) is 0.697. The van der Waals surface area contributed by atoms with Crippen molar-refractivity contribution in [2.45, 2.75) is 19.4 Å². The van der Waals surface area contributed by atoms with Crippen molar-refractivity contribution < 1.29 is 14.3 Å². The molecule has 0 amide bonds.